The second kappa shape index (κ2) is 8.79. The Kier molecular flexibility index (Phi) is 7.60. The number of amides is 1. The normalized spacial score (nSPS) is 17.0. The number of rotatable bonds is 8. The molecule has 1 aromatic carbocycles. The first kappa shape index (κ1) is 21.6. The SMILES string of the molecule is CC(C)CCC(N)(C(=O)NC(C)(C)C)[C@H](O)[C@H](N)Cc1ccccc1. The summed E-state index contributed by atoms with van der Waals surface area (Å²) in [6.45, 7) is 9.81. The van der Waals surface area contributed by atoms with E-state index in [1.165, 1.54) is 0 Å². The van der Waals surface area contributed by atoms with Gasteiger partial charge in [-0.15, -0.1) is 0 Å². The first-order valence-electron chi connectivity index (χ1n) is 9.05. The summed E-state index contributed by atoms with van der Waals surface area (Å²) in [6.07, 6.45) is 0.457. The lowest BCUT2D eigenvalue weighted by Gasteiger charge is -2.38. The number of carbonyl (C=O) groups is 1. The number of hydrogen-bond donors (Lipinski definition) is 4. The largest absolute Gasteiger partial charge is 0.389 e. The van der Waals surface area contributed by atoms with Crippen molar-refractivity contribution in [2.24, 2.45) is 17.4 Å². The maximum atomic E-state index is 12.8. The molecule has 0 aliphatic heterocycles. The first-order chi connectivity index (χ1) is 11.5. The van der Waals surface area contributed by atoms with Crippen molar-refractivity contribution in [2.45, 2.75) is 77.1 Å². The Morgan fingerprint density at radius 2 is 1.76 bits per heavy atom. The number of hydrogen-bond acceptors (Lipinski definition) is 4. The molecule has 0 aromatic heterocycles. The fourth-order valence-electron chi connectivity index (χ4n) is 2.76. The molecule has 0 aliphatic carbocycles. The van der Waals surface area contributed by atoms with Crippen molar-refractivity contribution >= 4 is 5.91 Å². The van der Waals surface area contributed by atoms with Gasteiger partial charge in [-0.25, -0.2) is 0 Å². The summed E-state index contributed by atoms with van der Waals surface area (Å²) in [6, 6.07) is 9.07. The van der Waals surface area contributed by atoms with Crippen molar-refractivity contribution < 1.29 is 9.90 Å². The molecule has 5 nitrogen and oxygen atoms in total. The highest BCUT2D eigenvalue weighted by Gasteiger charge is 2.44. The van der Waals surface area contributed by atoms with Gasteiger partial charge in [0.15, 0.2) is 0 Å². The zero-order chi connectivity index (χ0) is 19.3. The minimum atomic E-state index is -1.41. The zero-order valence-corrected chi connectivity index (χ0v) is 16.3. The zero-order valence-electron chi connectivity index (χ0n) is 16.3. The Labute approximate surface area is 152 Å². The third-order valence-corrected chi connectivity index (χ3v) is 4.29. The lowest BCUT2D eigenvalue weighted by Crippen LogP contribution is -2.68. The predicted molar refractivity (Wildman–Crippen MR) is 103 cm³/mol. The van der Waals surface area contributed by atoms with E-state index in [-0.39, 0.29) is 5.91 Å². The molecule has 6 N–H and O–H groups in total. The van der Waals surface area contributed by atoms with Gasteiger partial charge in [-0.3, -0.25) is 4.79 Å². The maximum Gasteiger partial charge on any atom is 0.243 e. The fraction of sp³-hybridized carbons (Fsp3) is 0.650. The summed E-state index contributed by atoms with van der Waals surface area (Å²) in [5.74, 6) is 0.0274. The molecule has 1 amide bonds. The molecule has 0 bridgehead atoms. The smallest absolute Gasteiger partial charge is 0.243 e. The van der Waals surface area contributed by atoms with Crippen LogP contribution in [0.3, 0.4) is 0 Å². The van der Waals surface area contributed by atoms with Gasteiger partial charge in [-0.1, -0.05) is 44.2 Å². The summed E-state index contributed by atoms with van der Waals surface area (Å²) in [7, 11) is 0. The molecule has 0 aliphatic rings. The van der Waals surface area contributed by atoms with Crippen LogP contribution in [0.15, 0.2) is 30.3 Å². The van der Waals surface area contributed by atoms with Crippen molar-refractivity contribution in [2.75, 3.05) is 0 Å². The van der Waals surface area contributed by atoms with Crippen LogP contribution >= 0.6 is 0 Å². The quantitative estimate of drug-likeness (QED) is 0.576. The van der Waals surface area contributed by atoms with Gasteiger partial charge < -0.3 is 21.9 Å². The van der Waals surface area contributed by atoms with Crippen LogP contribution in [0.2, 0.25) is 0 Å². The monoisotopic (exact) mass is 349 g/mol. The topological polar surface area (TPSA) is 101 Å². The minimum absolute atomic E-state index is 0.350. The van der Waals surface area contributed by atoms with Crippen molar-refractivity contribution in [1.29, 1.82) is 0 Å². The van der Waals surface area contributed by atoms with E-state index in [2.05, 4.69) is 19.2 Å². The van der Waals surface area contributed by atoms with Gasteiger partial charge in [-0.05, 0) is 51.5 Å². The number of carbonyl (C=O) groups excluding carboxylic acids is 1. The number of aliphatic hydroxyl groups excluding tert-OH is 1. The van der Waals surface area contributed by atoms with Crippen LogP contribution < -0.4 is 16.8 Å². The van der Waals surface area contributed by atoms with E-state index in [0.717, 1.165) is 12.0 Å². The predicted octanol–water partition coefficient (Wildman–Crippen LogP) is 1.97. The average Bonchev–Trinajstić information content (AvgIpc) is 2.51. The van der Waals surface area contributed by atoms with Crippen molar-refractivity contribution in [3.05, 3.63) is 35.9 Å². The summed E-state index contributed by atoms with van der Waals surface area (Å²) in [5, 5.41) is 13.8. The molecule has 0 heterocycles. The van der Waals surface area contributed by atoms with Crippen LogP contribution in [0, 0.1) is 5.92 Å². The van der Waals surface area contributed by atoms with Crippen molar-refractivity contribution in [3.63, 3.8) is 0 Å². The molecule has 0 saturated heterocycles. The molecule has 142 valence electrons. The average molecular weight is 350 g/mol. The van der Waals surface area contributed by atoms with Crippen LogP contribution in [-0.4, -0.2) is 34.2 Å². The Morgan fingerprint density at radius 1 is 1.20 bits per heavy atom. The summed E-state index contributed by atoms with van der Waals surface area (Å²) in [5.41, 5.74) is 11.9. The van der Waals surface area contributed by atoms with Crippen molar-refractivity contribution in [1.82, 2.24) is 5.32 Å². The molecule has 25 heavy (non-hydrogen) atoms. The second-order valence-electron chi connectivity index (χ2n) is 8.48. The Bertz CT molecular complexity index is 540. The number of nitrogens with two attached hydrogens (primary N) is 2. The summed E-state index contributed by atoms with van der Waals surface area (Å²) < 4.78 is 0. The van der Waals surface area contributed by atoms with Gasteiger partial charge in [0.05, 0.1) is 6.10 Å². The van der Waals surface area contributed by atoms with E-state index in [1.54, 1.807) is 0 Å². The van der Waals surface area contributed by atoms with E-state index in [1.807, 2.05) is 51.1 Å². The lowest BCUT2D eigenvalue weighted by molar-refractivity contribution is -0.133. The Morgan fingerprint density at radius 3 is 2.24 bits per heavy atom. The summed E-state index contributed by atoms with van der Waals surface area (Å²) >= 11 is 0. The molecule has 0 radical (unpaired) electrons. The van der Waals surface area contributed by atoms with Gasteiger partial charge in [-0.2, -0.15) is 0 Å². The Hall–Kier alpha value is -1.43. The highest BCUT2D eigenvalue weighted by atomic mass is 16.3. The van der Waals surface area contributed by atoms with E-state index in [0.29, 0.717) is 18.8 Å². The van der Waals surface area contributed by atoms with Gasteiger partial charge in [0.2, 0.25) is 5.91 Å². The Balaban J connectivity index is 2.97. The van der Waals surface area contributed by atoms with Crippen LogP contribution in [0.1, 0.15) is 53.0 Å². The van der Waals surface area contributed by atoms with E-state index in [9.17, 15) is 9.90 Å². The molecule has 1 rings (SSSR count). The fourth-order valence-corrected chi connectivity index (χ4v) is 2.76. The van der Waals surface area contributed by atoms with E-state index in [4.69, 9.17) is 11.5 Å². The van der Waals surface area contributed by atoms with E-state index >= 15 is 0 Å². The maximum absolute atomic E-state index is 12.8. The number of nitrogens with one attached hydrogen (secondary N) is 1. The van der Waals surface area contributed by atoms with E-state index < -0.39 is 23.2 Å². The molecule has 1 unspecified atom stereocenters. The molecule has 0 spiro atoms. The van der Waals surface area contributed by atoms with Crippen molar-refractivity contribution in [3.8, 4) is 0 Å². The highest BCUT2D eigenvalue weighted by Crippen LogP contribution is 2.23. The molecule has 0 saturated carbocycles. The standard InChI is InChI=1S/C20H35N3O2/c1-14(2)11-12-20(22,18(25)23-19(3,4)5)17(24)16(21)13-15-9-7-6-8-10-15/h6-10,14,16-17,24H,11-13,21-22H2,1-5H3,(H,23,25)/t16-,17-,20?/m1/s1. The van der Waals surface area contributed by atoms with Crippen LogP contribution in [0.4, 0.5) is 0 Å². The molecule has 5 heteroatoms. The molecular weight excluding hydrogens is 314 g/mol. The van der Waals surface area contributed by atoms with Crippen LogP contribution in [0.5, 0.6) is 0 Å². The number of aliphatic hydroxyl groups is 1. The third-order valence-electron chi connectivity index (χ3n) is 4.29. The van der Waals surface area contributed by atoms with Gasteiger partial charge >= 0.3 is 0 Å². The van der Waals surface area contributed by atoms with Gasteiger partial charge in [0, 0.05) is 11.6 Å². The van der Waals surface area contributed by atoms with Crippen LogP contribution in [0.25, 0.3) is 0 Å². The molecule has 3 atom stereocenters. The lowest BCUT2D eigenvalue weighted by atomic mass is 9.80. The second-order valence-corrected chi connectivity index (χ2v) is 8.48. The first-order valence-corrected chi connectivity index (χ1v) is 9.05. The summed E-state index contributed by atoms with van der Waals surface area (Å²) in [4.78, 5) is 12.8. The highest BCUT2D eigenvalue weighted by molar-refractivity contribution is 5.87. The number of benzene rings is 1. The van der Waals surface area contributed by atoms with Gasteiger partial charge in [0.1, 0.15) is 5.54 Å². The van der Waals surface area contributed by atoms with Crippen LogP contribution in [-0.2, 0) is 11.2 Å². The van der Waals surface area contributed by atoms with Gasteiger partial charge in [0.25, 0.3) is 0 Å². The molecular formula is C20H35N3O2. The third kappa shape index (κ3) is 6.77. The molecule has 0 fully saturated rings. The molecule has 1 aromatic rings. The minimum Gasteiger partial charge on any atom is -0.389 e.